The first-order valence-electron chi connectivity index (χ1n) is 7.82. The van der Waals surface area contributed by atoms with Crippen LogP contribution in [0.2, 0.25) is 0 Å². The van der Waals surface area contributed by atoms with Crippen molar-refractivity contribution in [2.24, 2.45) is 11.7 Å². The highest BCUT2D eigenvalue weighted by Crippen LogP contribution is 2.29. The van der Waals surface area contributed by atoms with Crippen LogP contribution in [0.5, 0.6) is 0 Å². The van der Waals surface area contributed by atoms with E-state index in [1.165, 1.54) is 23.5 Å². The van der Waals surface area contributed by atoms with Crippen molar-refractivity contribution in [1.82, 2.24) is 10.3 Å². The quantitative estimate of drug-likeness (QED) is 0.903. The number of amides is 1. The summed E-state index contributed by atoms with van der Waals surface area (Å²) in [5.41, 5.74) is 7.29. The molecule has 1 aliphatic carbocycles. The molecule has 1 aliphatic rings. The number of nitrogens with one attached hydrogen (secondary N) is 1. The second-order valence-corrected chi connectivity index (χ2v) is 6.95. The highest BCUT2D eigenvalue weighted by Gasteiger charge is 2.28. The molecule has 3 rings (SSSR count). The van der Waals surface area contributed by atoms with Crippen LogP contribution in [0.1, 0.15) is 34.6 Å². The lowest BCUT2D eigenvalue weighted by atomic mass is 10.0. The highest BCUT2D eigenvalue weighted by molar-refractivity contribution is 7.17. The molecule has 4 nitrogen and oxygen atoms in total. The number of hydrogen-bond acceptors (Lipinski definition) is 4. The lowest BCUT2D eigenvalue weighted by Crippen LogP contribution is -2.39. The molecule has 0 spiro atoms. The van der Waals surface area contributed by atoms with E-state index in [0.717, 1.165) is 29.8 Å². The third-order valence-electron chi connectivity index (χ3n) is 4.37. The molecular formula is C17H20FN3OS. The SMILES string of the molecule is Cc1nc(-c2ccc(F)cc2)sc1C(=O)NC1CCCC1CN. The zero-order valence-corrected chi connectivity index (χ0v) is 13.8. The summed E-state index contributed by atoms with van der Waals surface area (Å²) in [7, 11) is 0. The van der Waals surface area contributed by atoms with E-state index >= 15 is 0 Å². The third-order valence-corrected chi connectivity index (χ3v) is 5.58. The molecule has 2 atom stereocenters. The largest absolute Gasteiger partial charge is 0.348 e. The number of rotatable bonds is 4. The number of aromatic nitrogens is 1. The molecule has 23 heavy (non-hydrogen) atoms. The Kier molecular flexibility index (Phi) is 4.73. The summed E-state index contributed by atoms with van der Waals surface area (Å²) < 4.78 is 13.0. The topological polar surface area (TPSA) is 68.0 Å². The molecule has 2 unspecified atom stereocenters. The van der Waals surface area contributed by atoms with Crippen molar-refractivity contribution >= 4 is 17.2 Å². The fourth-order valence-electron chi connectivity index (χ4n) is 3.07. The second kappa shape index (κ2) is 6.76. The molecule has 122 valence electrons. The Labute approximate surface area is 138 Å². The molecule has 0 radical (unpaired) electrons. The van der Waals surface area contributed by atoms with Gasteiger partial charge in [0.15, 0.2) is 0 Å². The predicted molar refractivity (Wildman–Crippen MR) is 89.9 cm³/mol. The van der Waals surface area contributed by atoms with Gasteiger partial charge in [0.2, 0.25) is 0 Å². The summed E-state index contributed by atoms with van der Waals surface area (Å²) in [5.74, 6) is -0.00323. The minimum Gasteiger partial charge on any atom is -0.348 e. The molecule has 0 saturated heterocycles. The van der Waals surface area contributed by atoms with Gasteiger partial charge in [0.1, 0.15) is 15.7 Å². The fraction of sp³-hybridized carbons (Fsp3) is 0.412. The summed E-state index contributed by atoms with van der Waals surface area (Å²) in [5, 5.41) is 3.83. The molecule has 1 aromatic heterocycles. The fourth-order valence-corrected chi connectivity index (χ4v) is 4.04. The predicted octanol–water partition coefficient (Wildman–Crippen LogP) is 3.11. The molecule has 1 aromatic carbocycles. The van der Waals surface area contributed by atoms with Gasteiger partial charge in [-0.05, 0) is 56.5 Å². The van der Waals surface area contributed by atoms with Crippen molar-refractivity contribution in [3.05, 3.63) is 40.7 Å². The summed E-state index contributed by atoms with van der Waals surface area (Å²) >= 11 is 1.34. The number of carbonyl (C=O) groups is 1. The van der Waals surface area contributed by atoms with Crippen molar-refractivity contribution in [3.63, 3.8) is 0 Å². The Balaban J connectivity index is 1.77. The number of nitrogens with zero attached hydrogens (tertiary/aromatic N) is 1. The molecule has 1 fully saturated rings. The van der Waals surface area contributed by atoms with Gasteiger partial charge in [0.05, 0.1) is 5.69 Å². The maximum absolute atomic E-state index is 13.0. The zero-order chi connectivity index (χ0) is 16.4. The summed E-state index contributed by atoms with van der Waals surface area (Å²) in [6.45, 7) is 2.43. The van der Waals surface area contributed by atoms with E-state index in [0.29, 0.717) is 23.0 Å². The van der Waals surface area contributed by atoms with Gasteiger partial charge >= 0.3 is 0 Å². The van der Waals surface area contributed by atoms with Gasteiger partial charge in [-0.1, -0.05) is 6.42 Å². The van der Waals surface area contributed by atoms with Gasteiger partial charge in [-0.25, -0.2) is 9.37 Å². The van der Waals surface area contributed by atoms with Crippen LogP contribution in [0.3, 0.4) is 0 Å². The summed E-state index contributed by atoms with van der Waals surface area (Å²) in [4.78, 5) is 17.6. The van der Waals surface area contributed by atoms with E-state index in [1.807, 2.05) is 6.92 Å². The van der Waals surface area contributed by atoms with Crippen molar-refractivity contribution in [2.75, 3.05) is 6.54 Å². The Hall–Kier alpha value is -1.79. The van der Waals surface area contributed by atoms with E-state index in [9.17, 15) is 9.18 Å². The first kappa shape index (κ1) is 16.1. The Bertz CT molecular complexity index is 698. The van der Waals surface area contributed by atoms with Crippen molar-refractivity contribution in [2.45, 2.75) is 32.2 Å². The number of nitrogens with two attached hydrogens (primary N) is 1. The standard InChI is InChI=1S/C17H20FN3OS/c1-10-15(16(22)21-14-4-2-3-12(14)9-19)23-17(20-10)11-5-7-13(18)8-6-11/h5-8,12,14H,2-4,9,19H2,1H3,(H,21,22). The van der Waals surface area contributed by atoms with E-state index < -0.39 is 0 Å². The van der Waals surface area contributed by atoms with Crippen LogP contribution < -0.4 is 11.1 Å². The molecule has 0 aliphatic heterocycles. The number of hydrogen-bond donors (Lipinski definition) is 2. The van der Waals surface area contributed by atoms with Gasteiger partial charge < -0.3 is 11.1 Å². The zero-order valence-electron chi connectivity index (χ0n) is 13.0. The molecule has 1 saturated carbocycles. The van der Waals surface area contributed by atoms with Gasteiger partial charge in [0, 0.05) is 11.6 Å². The highest BCUT2D eigenvalue weighted by atomic mass is 32.1. The molecule has 6 heteroatoms. The number of carbonyl (C=O) groups excluding carboxylic acids is 1. The average molecular weight is 333 g/mol. The van der Waals surface area contributed by atoms with Crippen LogP contribution >= 0.6 is 11.3 Å². The first-order chi connectivity index (χ1) is 11.1. The first-order valence-corrected chi connectivity index (χ1v) is 8.64. The summed E-state index contributed by atoms with van der Waals surface area (Å²) in [6, 6.07) is 6.31. The molecule has 1 amide bonds. The van der Waals surface area contributed by atoms with Crippen LogP contribution in [-0.4, -0.2) is 23.5 Å². The van der Waals surface area contributed by atoms with E-state index in [4.69, 9.17) is 5.73 Å². The average Bonchev–Trinajstić information content (AvgIpc) is 3.14. The maximum atomic E-state index is 13.0. The van der Waals surface area contributed by atoms with Gasteiger partial charge in [-0.3, -0.25) is 4.79 Å². The number of halogens is 1. The van der Waals surface area contributed by atoms with Crippen LogP contribution in [0.25, 0.3) is 10.6 Å². The van der Waals surface area contributed by atoms with Gasteiger partial charge in [-0.2, -0.15) is 0 Å². The van der Waals surface area contributed by atoms with Gasteiger partial charge in [-0.15, -0.1) is 11.3 Å². The molecule has 0 bridgehead atoms. The number of aryl methyl sites for hydroxylation is 1. The molecule has 3 N–H and O–H groups in total. The molecular weight excluding hydrogens is 313 g/mol. The minimum atomic E-state index is -0.283. The lowest BCUT2D eigenvalue weighted by molar-refractivity contribution is 0.0932. The van der Waals surface area contributed by atoms with Crippen molar-refractivity contribution in [3.8, 4) is 10.6 Å². The number of benzene rings is 1. The summed E-state index contributed by atoms with van der Waals surface area (Å²) in [6.07, 6.45) is 3.16. The minimum absolute atomic E-state index is 0.0845. The third kappa shape index (κ3) is 3.43. The van der Waals surface area contributed by atoms with Crippen LogP contribution in [-0.2, 0) is 0 Å². The molecule has 1 heterocycles. The Morgan fingerprint density at radius 1 is 1.39 bits per heavy atom. The van der Waals surface area contributed by atoms with Gasteiger partial charge in [0.25, 0.3) is 5.91 Å². The smallest absolute Gasteiger partial charge is 0.263 e. The van der Waals surface area contributed by atoms with Crippen molar-refractivity contribution < 1.29 is 9.18 Å². The Morgan fingerprint density at radius 2 is 2.13 bits per heavy atom. The van der Waals surface area contributed by atoms with Crippen LogP contribution in [0.15, 0.2) is 24.3 Å². The van der Waals surface area contributed by atoms with E-state index in [1.54, 1.807) is 12.1 Å². The maximum Gasteiger partial charge on any atom is 0.263 e. The van der Waals surface area contributed by atoms with Crippen molar-refractivity contribution in [1.29, 1.82) is 0 Å². The van der Waals surface area contributed by atoms with E-state index in [-0.39, 0.29) is 17.8 Å². The number of thiazole rings is 1. The van der Waals surface area contributed by atoms with E-state index in [2.05, 4.69) is 10.3 Å². The normalized spacial score (nSPS) is 20.7. The Morgan fingerprint density at radius 3 is 2.83 bits per heavy atom. The molecule has 2 aromatic rings. The van der Waals surface area contributed by atoms with Crippen LogP contribution in [0.4, 0.5) is 4.39 Å². The monoisotopic (exact) mass is 333 g/mol. The lowest BCUT2D eigenvalue weighted by Gasteiger charge is -2.19. The second-order valence-electron chi connectivity index (χ2n) is 5.95. The van der Waals surface area contributed by atoms with Crippen LogP contribution in [0, 0.1) is 18.7 Å².